The van der Waals surface area contributed by atoms with E-state index in [0.717, 1.165) is 15.7 Å². The van der Waals surface area contributed by atoms with Gasteiger partial charge in [0.15, 0.2) is 0 Å². The van der Waals surface area contributed by atoms with Crippen molar-refractivity contribution in [1.82, 2.24) is 0 Å². The molecule has 0 heterocycles. The van der Waals surface area contributed by atoms with Gasteiger partial charge in [0.25, 0.3) is 0 Å². The Labute approximate surface area is 138 Å². The Kier molecular flexibility index (Phi) is 5.91. The van der Waals surface area contributed by atoms with E-state index in [-0.39, 0.29) is 6.61 Å². The van der Waals surface area contributed by atoms with Crippen molar-refractivity contribution in [3.8, 4) is 5.75 Å². The minimum atomic E-state index is -0.609. The Bertz CT molecular complexity index is 607. The first-order valence-corrected chi connectivity index (χ1v) is 7.79. The van der Waals surface area contributed by atoms with Gasteiger partial charge >= 0.3 is 0 Å². The van der Waals surface area contributed by atoms with Crippen molar-refractivity contribution in [3.05, 3.63) is 57.5 Å². The minimum Gasteiger partial charge on any atom is -0.491 e. The van der Waals surface area contributed by atoms with Crippen LogP contribution in [-0.2, 0) is 0 Å². The second-order valence-electron chi connectivity index (χ2n) is 4.72. The van der Waals surface area contributed by atoms with Crippen molar-refractivity contribution >= 4 is 33.2 Å². The van der Waals surface area contributed by atoms with Gasteiger partial charge < -0.3 is 15.2 Å². The number of aliphatic hydroxyl groups is 1. The molecule has 0 aliphatic carbocycles. The molecular formula is C16H17BrClNO2. The number of anilines is 1. The molecule has 2 rings (SSSR count). The molecule has 2 aromatic rings. The zero-order valence-electron chi connectivity index (χ0n) is 11.6. The maximum atomic E-state index is 9.97. The lowest BCUT2D eigenvalue weighted by Crippen LogP contribution is -2.26. The smallest absolute Gasteiger partial charge is 0.120 e. The van der Waals surface area contributed by atoms with Crippen molar-refractivity contribution in [2.75, 3.05) is 18.5 Å². The lowest BCUT2D eigenvalue weighted by atomic mass is 10.2. The molecule has 2 aromatic carbocycles. The third-order valence-electron chi connectivity index (χ3n) is 3.03. The van der Waals surface area contributed by atoms with Gasteiger partial charge in [0.1, 0.15) is 18.5 Å². The average molecular weight is 371 g/mol. The monoisotopic (exact) mass is 369 g/mol. The van der Waals surface area contributed by atoms with Crippen molar-refractivity contribution in [3.63, 3.8) is 0 Å². The zero-order valence-corrected chi connectivity index (χ0v) is 14.0. The summed E-state index contributed by atoms with van der Waals surface area (Å²) >= 11 is 9.36. The maximum absolute atomic E-state index is 9.97. The molecule has 3 nitrogen and oxygen atoms in total. The number of halogens is 2. The summed E-state index contributed by atoms with van der Waals surface area (Å²) in [5.74, 6) is 0.653. The third kappa shape index (κ3) is 4.92. The number of ether oxygens (including phenoxy) is 1. The Balaban J connectivity index is 1.82. The van der Waals surface area contributed by atoms with Gasteiger partial charge in [-0.3, -0.25) is 0 Å². The standard InChI is InChI=1S/C16H17BrClNO2/c1-11-15(17)6-3-7-16(11)19-9-13(20)10-21-14-5-2-4-12(18)8-14/h2-8,13,19-20H,9-10H2,1H3. The summed E-state index contributed by atoms with van der Waals surface area (Å²) in [6.07, 6.45) is -0.609. The molecule has 0 aromatic heterocycles. The van der Waals surface area contributed by atoms with Gasteiger partial charge in [0.2, 0.25) is 0 Å². The molecule has 21 heavy (non-hydrogen) atoms. The van der Waals surface area contributed by atoms with E-state index in [1.54, 1.807) is 12.1 Å². The van der Waals surface area contributed by atoms with Crippen LogP contribution in [0.2, 0.25) is 5.02 Å². The predicted molar refractivity (Wildman–Crippen MR) is 90.3 cm³/mol. The van der Waals surface area contributed by atoms with Crippen LogP contribution >= 0.6 is 27.5 Å². The number of rotatable bonds is 6. The molecule has 0 aliphatic heterocycles. The van der Waals surface area contributed by atoms with Crippen molar-refractivity contribution in [2.45, 2.75) is 13.0 Å². The molecule has 0 spiro atoms. The third-order valence-corrected chi connectivity index (χ3v) is 4.13. The summed E-state index contributed by atoms with van der Waals surface area (Å²) in [5, 5.41) is 13.8. The van der Waals surface area contributed by atoms with Crippen LogP contribution in [0, 0.1) is 6.92 Å². The molecular weight excluding hydrogens is 354 g/mol. The highest BCUT2D eigenvalue weighted by Gasteiger charge is 2.07. The first kappa shape index (κ1) is 16.1. The molecule has 5 heteroatoms. The molecule has 0 saturated heterocycles. The van der Waals surface area contributed by atoms with Crippen LogP contribution in [0.15, 0.2) is 46.9 Å². The Hall–Kier alpha value is -1.23. The van der Waals surface area contributed by atoms with Crippen LogP contribution in [0.5, 0.6) is 5.75 Å². The van der Waals surface area contributed by atoms with Crippen molar-refractivity contribution in [1.29, 1.82) is 0 Å². The summed E-state index contributed by atoms with van der Waals surface area (Å²) in [5.41, 5.74) is 2.10. The lowest BCUT2D eigenvalue weighted by Gasteiger charge is -2.16. The van der Waals surface area contributed by atoms with Gasteiger partial charge in [-0.25, -0.2) is 0 Å². The molecule has 0 radical (unpaired) electrons. The zero-order chi connectivity index (χ0) is 15.2. The molecule has 112 valence electrons. The summed E-state index contributed by atoms with van der Waals surface area (Å²) in [4.78, 5) is 0. The number of hydrogen-bond acceptors (Lipinski definition) is 3. The molecule has 1 unspecified atom stereocenters. The molecule has 0 fully saturated rings. The van der Waals surface area contributed by atoms with Crippen molar-refractivity contribution in [2.24, 2.45) is 0 Å². The van der Waals surface area contributed by atoms with Gasteiger partial charge in [-0.1, -0.05) is 39.7 Å². The first-order valence-electron chi connectivity index (χ1n) is 6.61. The molecule has 2 N–H and O–H groups in total. The quantitative estimate of drug-likeness (QED) is 0.798. The molecule has 0 amide bonds. The van der Waals surface area contributed by atoms with Gasteiger partial charge in [0, 0.05) is 21.7 Å². The van der Waals surface area contributed by atoms with Crippen LogP contribution in [0.4, 0.5) is 5.69 Å². The van der Waals surface area contributed by atoms with Crippen LogP contribution in [-0.4, -0.2) is 24.4 Å². The molecule has 0 aliphatic rings. The minimum absolute atomic E-state index is 0.209. The predicted octanol–water partition coefficient (Wildman–Crippen LogP) is 4.26. The van der Waals surface area contributed by atoms with Crippen LogP contribution in [0.25, 0.3) is 0 Å². The number of aliphatic hydroxyl groups excluding tert-OH is 1. The summed E-state index contributed by atoms with van der Waals surface area (Å²) < 4.78 is 6.55. The fourth-order valence-electron chi connectivity index (χ4n) is 1.83. The molecule has 1 atom stereocenters. The fourth-order valence-corrected chi connectivity index (χ4v) is 2.38. The largest absolute Gasteiger partial charge is 0.491 e. The first-order chi connectivity index (χ1) is 10.1. The molecule has 0 bridgehead atoms. The lowest BCUT2D eigenvalue weighted by molar-refractivity contribution is 0.117. The van der Waals surface area contributed by atoms with E-state index >= 15 is 0 Å². The maximum Gasteiger partial charge on any atom is 0.120 e. The number of benzene rings is 2. The van der Waals surface area contributed by atoms with E-state index in [4.69, 9.17) is 16.3 Å². The van der Waals surface area contributed by atoms with E-state index in [9.17, 15) is 5.11 Å². The summed E-state index contributed by atoms with van der Waals surface area (Å²) in [6, 6.07) is 13.0. The van der Waals surface area contributed by atoms with Crippen LogP contribution in [0.3, 0.4) is 0 Å². The normalized spacial score (nSPS) is 12.0. The summed E-state index contributed by atoms with van der Waals surface area (Å²) in [6.45, 7) is 2.64. The fraction of sp³-hybridized carbons (Fsp3) is 0.250. The van der Waals surface area contributed by atoms with E-state index in [1.807, 2.05) is 37.3 Å². The second-order valence-corrected chi connectivity index (χ2v) is 6.01. The highest BCUT2D eigenvalue weighted by molar-refractivity contribution is 9.10. The van der Waals surface area contributed by atoms with Crippen molar-refractivity contribution < 1.29 is 9.84 Å². The van der Waals surface area contributed by atoms with E-state index in [0.29, 0.717) is 17.3 Å². The van der Waals surface area contributed by atoms with E-state index in [2.05, 4.69) is 21.2 Å². The van der Waals surface area contributed by atoms with Crippen LogP contribution < -0.4 is 10.1 Å². The Morgan fingerprint density at radius 1 is 1.29 bits per heavy atom. The highest BCUT2D eigenvalue weighted by Crippen LogP contribution is 2.23. The number of nitrogens with one attached hydrogen (secondary N) is 1. The van der Waals surface area contributed by atoms with Crippen LogP contribution in [0.1, 0.15) is 5.56 Å². The topological polar surface area (TPSA) is 41.5 Å². The van der Waals surface area contributed by atoms with E-state index in [1.165, 1.54) is 0 Å². The van der Waals surface area contributed by atoms with Gasteiger partial charge in [-0.05, 0) is 42.8 Å². The Morgan fingerprint density at radius 3 is 2.81 bits per heavy atom. The van der Waals surface area contributed by atoms with Gasteiger partial charge in [-0.2, -0.15) is 0 Å². The second kappa shape index (κ2) is 7.69. The average Bonchev–Trinajstić information content (AvgIpc) is 2.47. The summed E-state index contributed by atoms with van der Waals surface area (Å²) in [7, 11) is 0. The number of hydrogen-bond donors (Lipinski definition) is 2. The highest BCUT2D eigenvalue weighted by atomic mass is 79.9. The van der Waals surface area contributed by atoms with E-state index < -0.39 is 6.10 Å². The Morgan fingerprint density at radius 2 is 2.05 bits per heavy atom. The van der Waals surface area contributed by atoms with Gasteiger partial charge in [0.05, 0.1) is 0 Å². The van der Waals surface area contributed by atoms with Gasteiger partial charge in [-0.15, -0.1) is 0 Å². The SMILES string of the molecule is Cc1c(Br)cccc1NCC(O)COc1cccc(Cl)c1. The molecule has 0 saturated carbocycles.